The van der Waals surface area contributed by atoms with Crippen LogP contribution < -0.4 is 10.1 Å². The lowest BCUT2D eigenvalue weighted by atomic mass is 10.1. The number of nitrogens with one attached hydrogen (secondary N) is 1. The van der Waals surface area contributed by atoms with Crippen molar-refractivity contribution >= 4 is 43.4 Å². The summed E-state index contributed by atoms with van der Waals surface area (Å²) in [7, 11) is 0. The summed E-state index contributed by atoms with van der Waals surface area (Å²) in [5.74, 6) is 0.512. The molecule has 0 saturated heterocycles. The van der Waals surface area contributed by atoms with Crippen LogP contribution in [0.15, 0.2) is 83.3 Å². The Hall–Kier alpha value is -2.85. The molecule has 0 aliphatic rings. The summed E-state index contributed by atoms with van der Waals surface area (Å²) in [6.07, 6.45) is 0. The van der Waals surface area contributed by atoms with E-state index in [9.17, 15) is 4.79 Å². The molecule has 0 atom stereocenters. The first kappa shape index (κ1) is 17.6. The molecule has 3 nitrogen and oxygen atoms in total. The van der Waals surface area contributed by atoms with Crippen LogP contribution in [0.3, 0.4) is 0 Å². The quantitative estimate of drug-likeness (QED) is 0.466. The average Bonchev–Trinajstić information content (AvgIpc) is 2.72. The summed E-state index contributed by atoms with van der Waals surface area (Å²) >= 11 is 3.57. The second-order valence-electron chi connectivity index (χ2n) is 6.35. The Balaban J connectivity index is 1.37. The molecule has 0 aromatic heterocycles. The van der Waals surface area contributed by atoms with Crippen LogP contribution in [-0.4, -0.2) is 12.5 Å². The van der Waals surface area contributed by atoms with E-state index < -0.39 is 0 Å². The Bertz CT molecular complexity index is 1120. The number of fused-ring (bicyclic) bond motifs is 2. The zero-order valence-corrected chi connectivity index (χ0v) is 16.2. The molecule has 0 aliphatic carbocycles. The Morgan fingerprint density at radius 3 is 2.41 bits per heavy atom. The zero-order chi connectivity index (χ0) is 18.6. The topological polar surface area (TPSA) is 38.3 Å². The summed E-state index contributed by atoms with van der Waals surface area (Å²) in [5, 5.41) is 7.45. The van der Waals surface area contributed by atoms with Crippen molar-refractivity contribution in [2.75, 3.05) is 6.61 Å². The number of hydrogen-bond donors (Lipinski definition) is 1. The van der Waals surface area contributed by atoms with E-state index in [1.165, 1.54) is 10.8 Å². The lowest BCUT2D eigenvalue weighted by Crippen LogP contribution is -2.28. The van der Waals surface area contributed by atoms with Gasteiger partial charge in [0, 0.05) is 6.54 Å². The maximum Gasteiger partial charge on any atom is 0.258 e. The molecular formula is C23H18BrNO2. The van der Waals surface area contributed by atoms with Crippen molar-refractivity contribution in [3.63, 3.8) is 0 Å². The van der Waals surface area contributed by atoms with Gasteiger partial charge in [0.15, 0.2) is 6.61 Å². The van der Waals surface area contributed by atoms with Gasteiger partial charge in [-0.05, 0) is 55.2 Å². The third-order valence-corrected chi connectivity index (χ3v) is 5.31. The molecule has 0 radical (unpaired) electrons. The Labute approximate surface area is 166 Å². The van der Waals surface area contributed by atoms with Gasteiger partial charge in [0.1, 0.15) is 5.75 Å². The fraction of sp³-hybridized carbons (Fsp3) is 0.0870. The molecular weight excluding hydrogens is 402 g/mol. The third kappa shape index (κ3) is 3.96. The van der Waals surface area contributed by atoms with Crippen molar-refractivity contribution < 1.29 is 9.53 Å². The monoisotopic (exact) mass is 419 g/mol. The van der Waals surface area contributed by atoms with Crippen molar-refractivity contribution in [3.8, 4) is 5.75 Å². The zero-order valence-electron chi connectivity index (χ0n) is 14.6. The number of amides is 1. The minimum Gasteiger partial charge on any atom is -0.483 e. The van der Waals surface area contributed by atoms with E-state index in [1.807, 2.05) is 54.6 Å². The van der Waals surface area contributed by atoms with Gasteiger partial charge < -0.3 is 10.1 Å². The predicted molar refractivity (Wildman–Crippen MR) is 113 cm³/mol. The number of benzene rings is 4. The first-order valence-electron chi connectivity index (χ1n) is 8.75. The standard InChI is InChI=1S/C23H18BrNO2/c24-23-20-8-4-3-6-18(20)11-12-21(23)27-15-22(26)25-14-16-9-10-17-5-1-2-7-19(17)13-16/h1-13H,14-15H2,(H,25,26). The molecule has 134 valence electrons. The fourth-order valence-electron chi connectivity index (χ4n) is 3.07. The van der Waals surface area contributed by atoms with Crippen LogP contribution >= 0.6 is 15.9 Å². The third-order valence-electron chi connectivity index (χ3n) is 4.49. The summed E-state index contributed by atoms with van der Waals surface area (Å²) < 4.78 is 6.57. The number of halogens is 1. The van der Waals surface area contributed by atoms with Gasteiger partial charge in [-0.3, -0.25) is 4.79 Å². The van der Waals surface area contributed by atoms with Gasteiger partial charge in [0.2, 0.25) is 0 Å². The molecule has 0 spiro atoms. The van der Waals surface area contributed by atoms with Crippen LogP contribution in [-0.2, 0) is 11.3 Å². The normalized spacial score (nSPS) is 10.9. The van der Waals surface area contributed by atoms with Crippen molar-refractivity contribution in [2.24, 2.45) is 0 Å². The number of ether oxygens (including phenoxy) is 1. The molecule has 1 N–H and O–H groups in total. The number of rotatable bonds is 5. The fourth-order valence-corrected chi connectivity index (χ4v) is 3.68. The van der Waals surface area contributed by atoms with E-state index in [2.05, 4.69) is 45.5 Å². The van der Waals surface area contributed by atoms with Gasteiger partial charge in [-0.15, -0.1) is 0 Å². The minimum absolute atomic E-state index is 0.0233. The van der Waals surface area contributed by atoms with Crippen molar-refractivity contribution in [1.29, 1.82) is 0 Å². The van der Waals surface area contributed by atoms with Gasteiger partial charge in [0.25, 0.3) is 5.91 Å². The van der Waals surface area contributed by atoms with E-state index in [0.717, 1.165) is 20.8 Å². The molecule has 1 amide bonds. The molecule has 0 fully saturated rings. The number of hydrogen-bond acceptors (Lipinski definition) is 2. The lowest BCUT2D eigenvalue weighted by molar-refractivity contribution is -0.123. The SMILES string of the molecule is O=C(COc1ccc2ccccc2c1Br)NCc1ccc2ccccc2c1. The second kappa shape index (κ2) is 7.80. The summed E-state index contributed by atoms with van der Waals surface area (Å²) in [6.45, 7) is 0.455. The molecule has 4 aromatic rings. The van der Waals surface area contributed by atoms with E-state index in [0.29, 0.717) is 12.3 Å². The van der Waals surface area contributed by atoms with Crippen molar-refractivity contribution in [2.45, 2.75) is 6.54 Å². The highest BCUT2D eigenvalue weighted by molar-refractivity contribution is 9.10. The Kier molecular flexibility index (Phi) is 5.07. The lowest BCUT2D eigenvalue weighted by Gasteiger charge is -2.11. The van der Waals surface area contributed by atoms with Gasteiger partial charge in [-0.25, -0.2) is 0 Å². The van der Waals surface area contributed by atoms with Crippen LogP contribution in [0.25, 0.3) is 21.5 Å². The minimum atomic E-state index is -0.150. The van der Waals surface area contributed by atoms with Crippen molar-refractivity contribution in [3.05, 3.63) is 88.9 Å². The molecule has 27 heavy (non-hydrogen) atoms. The molecule has 0 heterocycles. The summed E-state index contributed by atoms with van der Waals surface area (Å²) in [5.41, 5.74) is 1.06. The number of carbonyl (C=O) groups is 1. The maximum atomic E-state index is 12.2. The Morgan fingerprint density at radius 1 is 0.852 bits per heavy atom. The predicted octanol–water partition coefficient (Wildman–Crippen LogP) is 5.45. The van der Waals surface area contributed by atoms with Gasteiger partial charge in [0.05, 0.1) is 4.47 Å². The first-order chi connectivity index (χ1) is 13.2. The largest absolute Gasteiger partial charge is 0.483 e. The molecule has 0 aliphatic heterocycles. The van der Waals surface area contributed by atoms with Crippen LogP contribution in [0.2, 0.25) is 0 Å². The van der Waals surface area contributed by atoms with Gasteiger partial charge >= 0.3 is 0 Å². The van der Waals surface area contributed by atoms with Crippen LogP contribution in [0.5, 0.6) is 5.75 Å². The highest BCUT2D eigenvalue weighted by atomic mass is 79.9. The van der Waals surface area contributed by atoms with E-state index in [-0.39, 0.29) is 12.5 Å². The number of carbonyl (C=O) groups excluding carboxylic acids is 1. The smallest absolute Gasteiger partial charge is 0.258 e. The molecule has 4 heteroatoms. The summed E-state index contributed by atoms with van der Waals surface area (Å²) in [4.78, 5) is 12.2. The maximum absolute atomic E-state index is 12.2. The molecule has 4 aromatic carbocycles. The van der Waals surface area contributed by atoms with E-state index in [4.69, 9.17) is 4.74 Å². The first-order valence-corrected chi connectivity index (χ1v) is 9.54. The van der Waals surface area contributed by atoms with Crippen LogP contribution in [0.1, 0.15) is 5.56 Å². The highest BCUT2D eigenvalue weighted by Crippen LogP contribution is 2.32. The van der Waals surface area contributed by atoms with E-state index in [1.54, 1.807) is 0 Å². The van der Waals surface area contributed by atoms with Gasteiger partial charge in [-0.2, -0.15) is 0 Å². The average molecular weight is 420 g/mol. The molecule has 4 rings (SSSR count). The molecule has 0 unspecified atom stereocenters. The molecule has 0 bridgehead atoms. The van der Waals surface area contributed by atoms with Crippen molar-refractivity contribution in [1.82, 2.24) is 5.32 Å². The summed E-state index contributed by atoms with van der Waals surface area (Å²) in [6, 6.07) is 26.3. The Morgan fingerprint density at radius 2 is 1.56 bits per heavy atom. The highest BCUT2D eigenvalue weighted by Gasteiger charge is 2.08. The molecule has 0 saturated carbocycles. The van der Waals surface area contributed by atoms with Crippen LogP contribution in [0, 0.1) is 0 Å². The second-order valence-corrected chi connectivity index (χ2v) is 7.14. The van der Waals surface area contributed by atoms with E-state index >= 15 is 0 Å². The van der Waals surface area contributed by atoms with Gasteiger partial charge in [-0.1, -0.05) is 66.7 Å². The van der Waals surface area contributed by atoms with Crippen LogP contribution in [0.4, 0.5) is 0 Å².